The fourth-order valence-corrected chi connectivity index (χ4v) is 2.41. The van der Waals surface area contributed by atoms with E-state index in [0.717, 1.165) is 0 Å². The molecule has 0 unspecified atom stereocenters. The second-order valence-electron chi connectivity index (χ2n) is 6.00. The summed E-state index contributed by atoms with van der Waals surface area (Å²) in [5.41, 5.74) is 0.153. The molecule has 0 aliphatic rings. The lowest BCUT2D eigenvalue weighted by atomic mass is 10.1. The number of carboxylic acid groups (broad SMARTS) is 1. The number of carboxylic acids is 1. The second-order valence-corrected chi connectivity index (χ2v) is 6.00. The van der Waals surface area contributed by atoms with E-state index in [1.54, 1.807) is 37.3 Å². The van der Waals surface area contributed by atoms with Crippen molar-refractivity contribution in [2.75, 3.05) is 0 Å². The van der Waals surface area contributed by atoms with Crippen LogP contribution < -0.4 is 10.6 Å². The van der Waals surface area contributed by atoms with E-state index in [1.807, 2.05) is 0 Å². The number of carbonyl (C=O) groups is 3. The number of nitro benzene ring substituents is 1. The third-order valence-electron chi connectivity index (χ3n) is 3.93. The molecule has 3 N–H and O–H groups in total. The predicted octanol–water partition coefficient (Wildman–Crippen LogP) is 2.35. The molecule has 0 fully saturated rings. The monoisotopic (exact) mass is 397 g/mol. The van der Waals surface area contributed by atoms with Gasteiger partial charge in [-0.1, -0.05) is 37.3 Å². The van der Waals surface area contributed by atoms with Crippen LogP contribution in [0.5, 0.6) is 0 Å². The first-order chi connectivity index (χ1) is 13.8. The maximum absolute atomic E-state index is 12.6. The molecule has 0 spiro atoms. The van der Waals surface area contributed by atoms with Crippen LogP contribution in [0.4, 0.5) is 5.69 Å². The third-order valence-corrected chi connectivity index (χ3v) is 3.93. The third kappa shape index (κ3) is 5.99. The first-order valence-electron chi connectivity index (χ1n) is 8.68. The Morgan fingerprint density at radius 3 is 2.41 bits per heavy atom. The molecule has 9 nitrogen and oxygen atoms in total. The zero-order valence-electron chi connectivity index (χ0n) is 15.5. The molecular formula is C20H19N3O6. The summed E-state index contributed by atoms with van der Waals surface area (Å²) in [6.07, 6.45) is 1.38. The van der Waals surface area contributed by atoms with E-state index in [1.165, 1.54) is 30.3 Å². The Morgan fingerprint density at radius 1 is 1.14 bits per heavy atom. The number of benzene rings is 2. The molecule has 150 valence electrons. The summed E-state index contributed by atoms with van der Waals surface area (Å²) < 4.78 is 0. The summed E-state index contributed by atoms with van der Waals surface area (Å²) in [5, 5.41) is 24.9. The summed E-state index contributed by atoms with van der Waals surface area (Å²) in [6.45, 7) is 1.59. The number of amides is 2. The lowest BCUT2D eigenvalue weighted by molar-refractivity contribution is -0.384. The number of nitro groups is 1. The van der Waals surface area contributed by atoms with Crippen LogP contribution >= 0.6 is 0 Å². The standard InChI is InChI=1S/C20H19N3O6/c1-2-16(20(26)27)21-19(25)17(22-18(24)14-8-4-3-5-9-14)12-13-7-6-10-15(11-13)23(28)29/h3-12,16H,2H2,1H3,(H,21,25)(H,22,24)(H,26,27)/b17-12+/t16-/m0/s1. The number of rotatable bonds is 8. The van der Waals surface area contributed by atoms with E-state index in [2.05, 4.69) is 10.6 Å². The summed E-state index contributed by atoms with van der Waals surface area (Å²) in [7, 11) is 0. The lowest BCUT2D eigenvalue weighted by Crippen LogP contribution is -2.44. The van der Waals surface area contributed by atoms with Crippen LogP contribution in [0, 0.1) is 10.1 Å². The Morgan fingerprint density at radius 2 is 1.83 bits per heavy atom. The molecule has 0 heterocycles. The number of non-ortho nitro benzene ring substituents is 1. The molecule has 0 bridgehead atoms. The molecule has 1 atom stereocenters. The zero-order valence-corrected chi connectivity index (χ0v) is 15.5. The highest BCUT2D eigenvalue weighted by molar-refractivity contribution is 6.06. The zero-order chi connectivity index (χ0) is 21.4. The minimum atomic E-state index is -1.22. The average Bonchev–Trinajstić information content (AvgIpc) is 2.71. The largest absolute Gasteiger partial charge is 0.480 e. The Hall–Kier alpha value is -4.01. The number of aliphatic carboxylic acids is 1. The van der Waals surface area contributed by atoms with E-state index in [0.29, 0.717) is 5.56 Å². The van der Waals surface area contributed by atoms with E-state index < -0.39 is 28.7 Å². The van der Waals surface area contributed by atoms with Crippen LogP contribution in [0.3, 0.4) is 0 Å². The number of carbonyl (C=O) groups excluding carboxylic acids is 2. The molecule has 2 aromatic carbocycles. The lowest BCUT2D eigenvalue weighted by Gasteiger charge is -2.15. The van der Waals surface area contributed by atoms with Gasteiger partial charge in [-0.25, -0.2) is 4.79 Å². The van der Waals surface area contributed by atoms with Gasteiger partial charge in [-0.2, -0.15) is 0 Å². The summed E-state index contributed by atoms with van der Waals surface area (Å²) in [5.74, 6) is -2.62. The van der Waals surface area contributed by atoms with Gasteiger partial charge in [0.15, 0.2) is 0 Å². The Labute approximate surface area is 166 Å². The van der Waals surface area contributed by atoms with Crippen molar-refractivity contribution >= 4 is 29.5 Å². The molecule has 0 saturated heterocycles. The molecule has 0 radical (unpaired) electrons. The van der Waals surface area contributed by atoms with E-state index >= 15 is 0 Å². The minimum Gasteiger partial charge on any atom is -0.480 e. The van der Waals surface area contributed by atoms with Crippen molar-refractivity contribution in [2.24, 2.45) is 0 Å². The summed E-state index contributed by atoms with van der Waals surface area (Å²) in [4.78, 5) is 46.7. The molecule has 2 amide bonds. The quantitative estimate of drug-likeness (QED) is 0.355. The van der Waals surface area contributed by atoms with Gasteiger partial charge < -0.3 is 15.7 Å². The molecule has 0 aromatic heterocycles. The van der Waals surface area contributed by atoms with Gasteiger partial charge >= 0.3 is 5.97 Å². The maximum atomic E-state index is 12.6. The van der Waals surface area contributed by atoms with Crippen LogP contribution in [0.15, 0.2) is 60.3 Å². The van der Waals surface area contributed by atoms with Crippen molar-refractivity contribution in [3.63, 3.8) is 0 Å². The van der Waals surface area contributed by atoms with Crippen molar-refractivity contribution in [1.82, 2.24) is 10.6 Å². The van der Waals surface area contributed by atoms with Gasteiger partial charge in [0, 0.05) is 17.7 Å². The van der Waals surface area contributed by atoms with Gasteiger partial charge in [-0.3, -0.25) is 19.7 Å². The highest BCUT2D eigenvalue weighted by atomic mass is 16.6. The predicted molar refractivity (Wildman–Crippen MR) is 105 cm³/mol. The van der Waals surface area contributed by atoms with Crippen molar-refractivity contribution in [3.8, 4) is 0 Å². The number of nitrogens with zero attached hydrogens (tertiary/aromatic N) is 1. The van der Waals surface area contributed by atoms with Crippen LogP contribution in [-0.2, 0) is 9.59 Å². The number of hydrogen-bond donors (Lipinski definition) is 3. The normalized spacial score (nSPS) is 12.0. The van der Waals surface area contributed by atoms with Gasteiger partial charge in [0.1, 0.15) is 11.7 Å². The van der Waals surface area contributed by atoms with Gasteiger partial charge in [-0.15, -0.1) is 0 Å². The average molecular weight is 397 g/mol. The van der Waals surface area contributed by atoms with E-state index in [-0.39, 0.29) is 23.4 Å². The first kappa shape index (κ1) is 21.3. The second kappa shape index (κ2) is 9.79. The fourth-order valence-electron chi connectivity index (χ4n) is 2.41. The van der Waals surface area contributed by atoms with E-state index in [9.17, 15) is 24.5 Å². The highest BCUT2D eigenvalue weighted by Crippen LogP contribution is 2.16. The molecule has 29 heavy (non-hydrogen) atoms. The van der Waals surface area contributed by atoms with Crippen LogP contribution in [-0.4, -0.2) is 33.9 Å². The van der Waals surface area contributed by atoms with Gasteiger partial charge in [0.2, 0.25) is 0 Å². The summed E-state index contributed by atoms with van der Waals surface area (Å²) in [6, 6.07) is 12.4. The molecule has 2 rings (SSSR count). The van der Waals surface area contributed by atoms with Crippen LogP contribution in [0.25, 0.3) is 6.08 Å². The number of hydrogen-bond acceptors (Lipinski definition) is 5. The van der Waals surface area contributed by atoms with Crippen LogP contribution in [0.2, 0.25) is 0 Å². The van der Waals surface area contributed by atoms with Gasteiger partial charge in [0.25, 0.3) is 17.5 Å². The van der Waals surface area contributed by atoms with E-state index in [4.69, 9.17) is 5.11 Å². The Bertz CT molecular complexity index is 956. The topological polar surface area (TPSA) is 139 Å². The van der Waals surface area contributed by atoms with Crippen molar-refractivity contribution in [3.05, 3.63) is 81.5 Å². The van der Waals surface area contributed by atoms with Crippen molar-refractivity contribution < 1.29 is 24.4 Å². The molecule has 0 aliphatic carbocycles. The highest BCUT2D eigenvalue weighted by Gasteiger charge is 2.22. The molecular weight excluding hydrogens is 378 g/mol. The molecule has 9 heteroatoms. The maximum Gasteiger partial charge on any atom is 0.326 e. The van der Waals surface area contributed by atoms with Crippen molar-refractivity contribution in [2.45, 2.75) is 19.4 Å². The summed E-state index contributed by atoms with van der Waals surface area (Å²) >= 11 is 0. The Balaban J connectivity index is 2.37. The van der Waals surface area contributed by atoms with Gasteiger partial charge in [0.05, 0.1) is 4.92 Å². The SMILES string of the molecule is CC[C@H](NC(=O)/C(=C\c1cccc([N+](=O)[O-])c1)NC(=O)c1ccccc1)C(=O)O. The Kier molecular flexibility index (Phi) is 7.19. The fraction of sp³-hybridized carbons (Fsp3) is 0.150. The molecule has 0 saturated carbocycles. The number of nitrogens with one attached hydrogen (secondary N) is 2. The molecule has 0 aliphatic heterocycles. The van der Waals surface area contributed by atoms with Crippen LogP contribution in [0.1, 0.15) is 29.3 Å². The molecule has 2 aromatic rings. The van der Waals surface area contributed by atoms with Gasteiger partial charge in [-0.05, 0) is 30.2 Å². The first-order valence-corrected chi connectivity index (χ1v) is 8.68. The van der Waals surface area contributed by atoms with Crippen molar-refractivity contribution in [1.29, 1.82) is 0 Å². The minimum absolute atomic E-state index is 0.137. The smallest absolute Gasteiger partial charge is 0.326 e.